The molecule has 4 N–H and O–H groups in total. The molecular weight excluding hydrogens is 1090 g/mol. The van der Waals surface area contributed by atoms with Gasteiger partial charge in [-0.25, -0.2) is 9.59 Å². The minimum Gasteiger partial charge on any atom is -0.497 e. The van der Waals surface area contributed by atoms with E-state index in [4.69, 9.17) is 27.8 Å². The number of ether oxygens (including phenoxy) is 4. The third-order valence-corrected chi connectivity index (χ3v) is 25.8. The van der Waals surface area contributed by atoms with Crippen LogP contribution in [0.5, 0.6) is 5.75 Å². The molecular formula is C64H97N5O12Si2. The standard InChI is InChI=1S/C64H97N5O12Si2/c1-62(2,3)79-59(73)53(66-40-27-39-65-51(70)32-21-19-17-15-16-18-20-26-38-67-60(74)77-43-50-48-30-24-22-28-46(48)47-29-23-25-31-49(47)50)54(72)55-56(80-82(11,12)63(4,5)6)57(81-83(13,14)64(7,8)9)58(78-55)68-41-37-52(71)69(61(68)75)42-44-33-35-45(76-10)36-34-44/h22-25,28-31,33-37,41,50,53-58,66,72H,15-21,26-27,32,38-40,42-43H2,1-14H3,(H,65,70)(H,67,74)/t53-,54+,55?,56+,57+,58+/m0/s1. The smallest absolute Gasteiger partial charge is 0.407 e. The van der Waals surface area contributed by atoms with E-state index >= 15 is 0 Å². The molecule has 2 amide bonds. The van der Waals surface area contributed by atoms with Gasteiger partial charge in [0.05, 0.1) is 13.7 Å². The van der Waals surface area contributed by atoms with Crippen LogP contribution in [0.1, 0.15) is 155 Å². The number of alkyl carbamates (subject to hydrolysis) is 1. The number of hydrogen-bond donors (Lipinski definition) is 4. The van der Waals surface area contributed by atoms with Gasteiger partial charge in [-0.05, 0) is 123 Å². The molecule has 0 bridgehead atoms. The molecule has 1 aromatic heterocycles. The van der Waals surface area contributed by atoms with E-state index in [2.05, 4.69) is 108 Å². The highest BCUT2D eigenvalue weighted by Gasteiger charge is 2.58. The molecule has 1 fully saturated rings. The van der Waals surface area contributed by atoms with E-state index < -0.39 is 76.1 Å². The van der Waals surface area contributed by atoms with Gasteiger partial charge in [-0.15, -0.1) is 0 Å². The van der Waals surface area contributed by atoms with Crippen LogP contribution in [0.3, 0.4) is 0 Å². The molecule has 19 heteroatoms. The molecule has 0 saturated carbocycles. The van der Waals surface area contributed by atoms with Crippen LogP contribution in [0.25, 0.3) is 11.1 Å². The van der Waals surface area contributed by atoms with Crippen molar-refractivity contribution in [3.63, 3.8) is 0 Å². The molecule has 1 saturated heterocycles. The summed E-state index contributed by atoms with van der Waals surface area (Å²) >= 11 is 0. The highest BCUT2D eigenvalue weighted by Crippen LogP contribution is 2.47. The van der Waals surface area contributed by atoms with Gasteiger partial charge in [0.25, 0.3) is 5.56 Å². The SMILES string of the molecule is COc1ccc(Cn2c(=O)ccn([C@@H]3OC([C@H](O)[C@H](NCCCNC(=O)CCCCCCCCCCNC(=O)OCC4c5ccccc5-c5ccccc54)C(=O)OC(C)(C)C)[C@@H](O[Si](C)(C)C(C)(C)C)[C@H]3O[Si](C)(C)C(C)(C)C)c2=O)cc1. The van der Waals surface area contributed by atoms with Crippen LogP contribution in [0, 0.1) is 0 Å². The van der Waals surface area contributed by atoms with Gasteiger partial charge in [0.2, 0.25) is 5.91 Å². The molecule has 4 aromatic rings. The van der Waals surface area contributed by atoms with Crippen LogP contribution < -0.4 is 31.9 Å². The molecule has 0 spiro atoms. The van der Waals surface area contributed by atoms with E-state index in [0.29, 0.717) is 43.9 Å². The van der Waals surface area contributed by atoms with E-state index in [1.165, 1.54) is 39.1 Å². The third kappa shape index (κ3) is 18.1. The number of unbranched alkanes of at least 4 members (excludes halogenated alkanes) is 7. The second kappa shape index (κ2) is 29.1. The molecule has 2 heterocycles. The number of rotatable bonds is 29. The molecule has 83 heavy (non-hydrogen) atoms. The fourth-order valence-corrected chi connectivity index (χ4v) is 12.7. The highest BCUT2D eigenvalue weighted by atomic mass is 28.4. The number of nitrogens with one attached hydrogen (secondary N) is 3. The van der Waals surface area contributed by atoms with Gasteiger partial charge in [0, 0.05) is 37.7 Å². The average Bonchev–Trinajstić information content (AvgIpc) is 3.23. The largest absolute Gasteiger partial charge is 0.497 e. The van der Waals surface area contributed by atoms with Crippen molar-refractivity contribution < 1.29 is 47.3 Å². The Morgan fingerprint density at radius 3 is 1.78 bits per heavy atom. The lowest BCUT2D eigenvalue weighted by atomic mass is 9.98. The highest BCUT2D eigenvalue weighted by molar-refractivity contribution is 6.74. The number of benzene rings is 3. The van der Waals surface area contributed by atoms with Crippen molar-refractivity contribution in [1.82, 2.24) is 25.1 Å². The van der Waals surface area contributed by atoms with Gasteiger partial charge in [-0.3, -0.25) is 23.5 Å². The first-order valence-corrected chi connectivity index (χ1v) is 35.8. The lowest BCUT2D eigenvalue weighted by Gasteiger charge is -2.44. The van der Waals surface area contributed by atoms with Crippen LogP contribution >= 0.6 is 0 Å². The third-order valence-electron chi connectivity index (χ3n) is 16.9. The van der Waals surface area contributed by atoms with E-state index in [1.54, 1.807) is 52.1 Å². The summed E-state index contributed by atoms with van der Waals surface area (Å²) in [6, 6.07) is 23.7. The predicted molar refractivity (Wildman–Crippen MR) is 331 cm³/mol. The second-order valence-corrected chi connectivity index (χ2v) is 36.0. The number of fused-ring (bicyclic) bond motifs is 3. The molecule has 6 rings (SSSR count). The Kier molecular flexibility index (Phi) is 23.4. The van der Waals surface area contributed by atoms with Crippen LogP contribution in [0.15, 0.2) is 94.6 Å². The number of aliphatic hydroxyl groups is 1. The fraction of sp³-hybridized carbons (Fsp3) is 0.609. The Balaban J connectivity index is 1.01. The van der Waals surface area contributed by atoms with Gasteiger partial charge in [-0.2, -0.15) is 0 Å². The predicted octanol–water partition coefficient (Wildman–Crippen LogP) is 11.0. The van der Waals surface area contributed by atoms with Crippen LogP contribution in [-0.2, 0) is 39.2 Å². The minimum atomic E-state index is -2.73. The number of carbonyl (C=O) groups excluding carboxylic acids is 3. The summed E-state index contributed by atoms with van der Waals surface area (Å²) in [5.74, 6) is -0.0851. The monoisotopic (exact) mass is 1180 g/mol. The normalized spacial score (nSPS) is 18.3. The molecule has 6 atom stereocenters. The first-order chi connectivity index (χ1) is 39.0. The van der Waals surface area contributed by atoms with Crippen LogP contribution in [0.2, 0.25) is 36.3 Å². The van der Waals surface area contributed by atoms with Gasteiger partial charge in [0.15, 0.2) is 22.9 Å². The topological polar surface area (TPSA) is 207 Å². The number of methoxy groups -OCH3 is 1. The Morgan fingerprint density at radius 1 is 0.675 bits per heavy atom. The summed E-state index contributed by atoms with van der Waals surface area (Å²) < 4.78 is 40.8. The van der Waals surface area contributed by atoms with Crippen LogP contribution in [-0.4, -0.2) is 118 Å². The maximum absolute atomic E-state index is 14.7. The van der Waals surface area contributed by atoms with E-state index in [-0.39, 0.29) is 41.1 Å². The van der Waals surface area contributed by atoms with Gasteiger partial charge < -0.3 is 48.9 Å². The molecule has 0 radical (unpaired) electrons. The minimum absolute atomic E-state index is 0.0253. The van der Waals surface area contributed by atoms with Crippen molar-refractivity contribution in [2.45, 2.75) is 218 Å². The molecule has 17 nitrogen and oxygen atoms in total. The van der Waals surface area contributed by atoms with Crippen molar-refractivity contribution >= 4 is 34.6 Å². The average molecular weight is 1180 g/mol. The fourth-order valence-electron chi connectivity index (χ4n) is 10.1. The summed E-state index contributed by atoms with van der Waals surface area (Å²) in [4.78, 5) is 68.0. The molecule has 1 unspecified atom stereocenters. The Labute approximate surface area is 495 Å². The van der Waals surface area contributed by atoms with Gasteiger partial charge in [-0.1, -0.05) is 141 Å². The van der Waals surface area contributed by atoms with E-state index in [0.717, 1.165) is 55.9 Å². The number of hydrogen-bond acceptors (Lipinski definition) is 13. The molecule has 3 aromatic carbocycles. The number of aliphatic hydroxyl groups excluding tert-OH is 1. The number of esters is 1. The van der Waals surface area contributed by atoms with Crippen LogP contribution in [0.4, 0.5) is 4.79 Å². The van der Waals surface area contributed by atoms with Gasteiger partial charge in [0.1, 0.15) is 48.4 Å². The summed E-state index contributed by atoms with van der Waals surface area (Å²) in [5, 5.41) is 21.3. The molecule has 2 aliphatic rings. The second-order valence-electron chi connectivity index (χ2n) is 26.4. The zero-order valence-electron chi connectivity index (χ0n) is 52.1. The number of carbonyl (C=O) groups is 3. The summed E-state index contributed by atoms with van der Waals surface area (Å²) in [5.41, 5.74) is 3.44. The molecule has 458 valence electrons. The Hall–Kier alpha value is -5.42. The zero-order valence-corrected chi connectivity index (χ0v) is 54.1. The van der Waals surface area contributed by atoms with Gasteiger partial charge >= 0.3 is 17.8 Å². The Bertz CT molecular complexity index is 2840. The van der Waals surface area contributed by atoms with E-state index in [9.17, 15) is 29.1 Å². The van der Waals surface area contributed by atoms with Crippen molar-refractivity contribution in [2.75, 3.05) is 33.4 Å². The Morgan fingerprint density at radius 2 is 1.22 bits per heavy atom. The zero-order chi connectivity index (χ0) is 60.9. The number of amides is 2. The summed E-state index contributed by atoms with van der Waals surface area (Å²) in [6.45, 7) is 27.7. The van der Waals surface area contributed by atoms with Crippen molar-refractivity contribution in [1.29, 1.82) is 0 Å². The van der Waals surface area contributed by atoms with E-state index in [1.807, 2.05) is 24.3 Å². The van der Waals surface area contributed by atoms with Crippen molar-refractivity contribution in [2.24, 2.45) is 0 Å². The quantitative estimate of drug-likeness (QED) is 0.0227. The number of aromatic nitrogens is 2. The van der Waals surface area contributed by atoms with Crippen molar-refractivity contribution in [3.05, 3.63) is 123 Å². The lowest BCUT2D eigenvalue weighted by Crippen LogP contribution is -2.59. The first kappa shape index (κ1) is 66.7. The summed E-state index contributed by atoms with van der Waals surface area (Å²) in [7, 11) is -3.89. The maximum Gasteiger partial charge on any atom is 0.407 e. The molecule has 1 aliphatic carbocycles. The lowest BCUT2D eigenvalue weighted by molar-refractivity contribution is -0.166. The number of nitrogens with zero attached hydrogens (tertiary/aromatic N) is 2. The molecule has 1 aliphatic heterocycles. The summed E-state index contributed by atoms with van der Waals surface area (Å²) in [6.07, 6.45) is 3.83. The first-order valence-electron chi connectivity index (χ1n) is 30.0. The van der Waals surface area contributed by atoms with Crippen molar-refractivity contribution in [3.8, 4) is 16.9 Å². The maximum atomic E-state index is 14.7.